The Morgan fingerprint density at radius 1 is 1.00 bits per heavy atom. The summed E-state index contributed by atoms with van der Waals surface area (Å²) in [7, 11) is 0. The molecule has 1 heteroatoms. The minimum absolute atomic E-state index is 0.361. The summed E-state index contributed by atoms with van der Waals surface area (Å²) in [6, 6.07) is 14.5. The summed E-state index contributed by atoms with van der Waals surface area (Å²) in [5, 5.41) is 0. The van der Waals surface area contributed by atoms with Gasteiger partial charge < -0.3 is 0 Å². The summed E-state index contributed by atoms with van der Waals surface area (Å²) >= 11 is 0. The molecule has 1 nitrogen and oxygen atoms in total. The van der Waals surface area contributed by atoms with Crippen LogP contribution in [-0.4, -0.2) is 4.98 Å². The molecular formula is C14H14N. The molecule has 15 heavy (non-hydrogen) atoms. The van der Waals surface area contributed by atoms with E-state index in [0.29, 0.717) is 5.92 Å². The summed E-state index contributed by atoms with van der Waals surface area (Å²) in [5.41, 5.74) is 2.54. The van der Waals surface area contributed by atoms with Crippen molar-refractivity contribution in [3.63, 3.8) is 0 Å². The van der Waals surface area contributed by atoms with Crippen molar-refractivity contribution in [1.82, 2.24) is 4.98 Å². The van der Waals surface area contributed by atoms with E-state index in [-0.39, 0.29) is 0 Å². The molecule has 2 rings (SSSR count). The molecule has 0 aliphatic carbocycles. The van der Waals surface area contributed by atoms with Crippen molar-refractivity contribution in [2.45, 2.75) is 12.3 Å². The van der Waals surface area contributed by atoms with Gasteiger partial charge in [0.15, 0.2) is 0 Å². The molecule has 0 spiro atoms. The van der Waals surface area contributed by atoms with E-state index in [1.165, 1.54) is 11.1 Å². The van der Waals surface area contributed by atoms with E-state index >= 15 is 0 Å². The predicted molar refractivity (Wildman–Crippen MR) is 62.5 cm³/mol. The second-order valence-corrected chi connectivity index (χ2v) is 3.54. The van der Waals surface area contributed by atoms with Gasteiger partial charge in [-0.25, -0.2) is 0 Å². The van der Waals surface area contributed by atoms with Crippen LogP contribution in [0.1, 0.15) is 23.5 Å². The van der Waals surface area contributed by atoms with E-state index in [4.69, 9.17) is 0 Å². The Bertz CT molecular complexity index is 355. The van der Waals surface area contributed by atoms with Crippen LogP contribution in [0.3, 0.4) is 0 Å². The highest BCUT2D eigenvalue weighted by molar-refractivity contribution is 5.30. The highest BCUT2D eigenvalue weighted by atomic mass is 14.6. The molecular weight excluding hydrogens is 182 g/mol. The Labute approximate surface area is 90.8 Å². The van der Waals surface area contributed by atoms with Gasteiger partial charge in [0.25, 0.3) is 0 Å². The molecule has 0 fully saturated rings. The van der Waals surface area contributed by atoms with Gasteiger partial charge in [-0.2, -0.15) is 0 Å². The maximum absolute atomic E-state index is 4.15. The van der Waals surface area contributed by atoms with E-state index in [2.05, 4.69) is 42.2 Å². The highest BCUT2D eigenvalue weighted by Crippen LogP contribution is 2.26. The fraction of sp³-hybridized carbons (Fsp3) is 0.143. The minimum Gasteiger partial charge on any atom is -0.264 e. The Morgan fingerprint density at radius 2 is 1.73 bits per heavy atom. The van der Waals surface area contributed by atoms with Crippen molar-refractivity contribution in [3.05, 3.63) is 72.9 Å². The van der Waals surface area contributed by atoms with Crippen LogP contribution in [0.2, 0.25) is 0 Å². The molecule has 2 aromatic rings. The fourth-order valence-corrected chi connectivity index (χ4v) is 1.79. The zero-order chi connectivity index (χ0) is 10.5. The highest BCUT2D eigenvalue weighted by Gasteiger charge is 2.10. The van der Waals surface area contributed by atoms with Gasteiger partial charge in [0.2, 0.25) is 0 Å². The van der Waals surface area contributed by atoms with Crippen LogP contribution in [0.4, 0.5) is 0 Å². The minimum atomic E-state index is 0.361. The third-order valence-electron chi connectivity index (χ3n) is 2.58. The number of nitrogens with zero attached hydrogens (tertiary/aromatic N) is 1. The Morgan fingerprint density at radius 3 is 2.33 bits per heavy atom. The lowest BCUT2D eigenvalue weighted by molar-refractivity contribution is 0.821. The molecule has 0 aliphatic rings. The topological polar surface area (TPSA) is 12.9 Å². The first kappa shape index (κ1) is 9.91. The molecule has 0 saturated heterocycles. The summed E-state index contributed by atoms with van der Waals surface area (Å²) in [6.45, 7) is 4.01. The molecule has 0 N–H and O–H groups in total. The molecule has 0 bridgehead atoms. The van der Waals surface area contributed by atoms with Crippen LogP contribution in [0.25, 0.3) is 0 Å². The predicted octanol–water partition coefficient (Wildman–Crippen LogP) is 3.44. The molecule has 1 radical (unpaired) electrons. The van der Waals surface area contributed by atoms with Crippen LogP contribution in [-0.2, 0) is 0 Å². The van der Waals surface area contributed by atoms with Gasteiger partial charge in [0, 0.05) is 18.3 Å². The Balaban J connectivity index is 2.34. The molecule has 75 valence electrons. The number of pyridine rings is 1. The lowest BCUT2D eigenvalue weighted by atomic mass is 9.90. The SMILES string of the molecule is [CH2]CC(c1ccccc1)c1cccnc1. The van der Waals surface area contributed by atoms with Gasteiger partial charge in [0.1, 0.15) is 0 Å². The molecule has 0 saturated carbocycles. The Hall–Kier alpha value is -1.63. The van der Waals surface area contributed by atoms with Gasteiger partial charge in [-0.3, -0.25) is 4.98 Å². The maximum atomic E-state index is 4.15. The van der Waals surface area contributed by atoms with Gasteiger partial charge >= 0.3 is 0 Å². The second-order valence-electron chi connectivity index (χ2n) is 3.54. The molecule has 1 unspecified atom stereocenters. The van der Waals surface area contributed by atoms with E-state index in [1.54, 1.807) is 6.20 Å². The zero-order valence-electron chi connectivity index (χ0n) is 8.63. The molecule has 1 aromatic heterocycles. The summed E-state index contributed by atoms with van der Waals surface area (Å²) in [5.74, 6) is 0.361. The number of rotatable bonds is 3. The lowest BCUT2D eigenvalue weighted by Crippen LogP contribution is -1.99. The monoisotopic (exact) mass is 196 g/mol. The van der Waals surface area contributed by atoms with E-state index in [0.717, 1.165) is 6.42 Å². The van der Waals surface area contributed by atoms with Gasteiger partial charge in [-0.15, -0.1) is 0 Å². The van der Waals surface area contributed by atoms with Crippen LogP contribution < -0.4 is 0 Å². The first-order valence-electron chi connectivity index (χ1n) is 5.16. The van der Waals surface area contributed by atoms with Crippen molar-refractivity contribution in [1.29, 1.82) is 0 Å². The van der Waals surface area contributed by atoms with Gasteiger partial charge in [-0.1, -0.05) is 43.3 Å². The molecule has 0 aliphatic heterocycles. The summed E-state index contributed by atoms with van der Waals surface area (Å²) < 4.78 is 0. The Kier molecular flexibility index (Phi) is 3.13. The van der Waals surface area contributed by atoms with Crippen molar-refractivity contribution in [2.75, 3.05) is 0 Å². The first-order valence-corrected chi connectivity index (χ1v) is 5.16. The van der Waals surface area contributed by atoms with E-state index < -0.39 is 0 Å². The van der Waals surface area contributed by atoms with Crippen molar-refractivity contribution >= 4 is 0 Å². The largest absolute Gasteiger partial charge is 0.264 e. The maximum Gasteiger partial charge on any atom is 0.0306 e. The third-order valence-corrected chi connectivity index (χ3v) is 2.58. The van der Waals surface area contributed by atoms with Crippen molar-refractivity contribution < 1.29 is 0 Å². The molecule has 0 amide bonds. The normalized spacial score (nSPS) is 12.3. The second kappa shape index (κ2) is 4.74. The third kappa shape index (κ3) is 2.24. The van der Waals surface area contributed by atoms with E-state index in [9.17, 15) is 0 Å². The zero-order valence-corrected chi connectivity index (χ0v) is 8.63. The number of hydrogen-bond acceptors (Lipinski definition) is 1. The van der Waals surface area contributed by atoms with Crippen molar-refractivity contribution in [2.24, 2.45) is 0 Å². The lowest BCUT2D eigenvalue weighted by Gasteiger charge is -2.14. The van der Waals surface area contributed by atoms with Crippen LogP contribution in [0, 0.1) is 6.92 Å². The number of hydrogen-bond donors (Lipinski definition) is 0. The van der Waals surface area contributed by atoms with Crippen LogP contribution in [0.5, 0.6) is 0 Å². The molecule has 1 heterocycles. The first-order chi connectivity index (χ1) is 7.42. The van der Waals surface area contributed by atoms with Crippen LogP contribution >= 0.6 is 0 Å². The number of aromatic nitrogens is 1. The number of benzene rings is 1. The standard InChI is InChI=1S/C14H14N/c1-2-14(12-7-4-3-5-8-12)13-9-6-10-15-11-13/h3-11,14H,1-2H2. The van der Waals surface area contributed by atoms with Crippen LogP contribution in [0.15, 0.2) is 54.9 Å². The van der Waals surface area contributed by atoms with E-state index in [1.807, 2.05) is 18.3 Å². The average molecular weight is 196 g/mol. The summed E-state index contributed by atoms with van der Waals surface area (Å²) in [6.07, 6.45) is 4.58. The van der Waals surface area contributed by atoms with Gasteiger partial charge in [0.05, 0.1) is 0 Å². The average Bonchev–Trinajstić information content (AvgIpc) is 2.33. The quantitative estimate of drug-likeness (QED) is 0.732. The van der Waals surface area contributed by atoms with Crippen molar-refractivity contribution in [3.8, 4) is 0 Å². The molecule has 1 aromatic carbocycles. The summed E-state index contributed by atoms with van der Waals surface area (Å²) in [4.78, 5) is 4.15. The van der Waals surface area contributed by atoms with Gasteiger partial charge in [-0.05, 0) is 23.6 Å². The fourth-order valence-electron chi connectivity index (χ4n) is 1.79. The molecule has 1 atom stereocenters. The smallest absolute Gasteiger partial charge is 0.0306 e.